The van der Waals surface area contributed by atoms with Crippen LogP contribution in [0, 0.1) is 5.41 Å². The molecular weight excluding hydrogens is 361 g/mol. The van der Waals surface area contributed by atoms with Gasteiger partial charge in [0.1, 0.15) is 0 Å². The number of hydrogen-bond donors (Lipinski definition) is 1. The SMILES string of the molecule is FC(F)F.O=C(CNc1nnc(-c2ccccc2)o1)N1CCC2(CC1)CC2. The first-order valence-corrected chi connectivity index (χ1v) is 8.80. The Morgan fingerprint density at radius 1 is 1.11 bits per heavy atom. The first-order valence-electron chi connectivity index (χ1n) is 8.80. The van der Waals surface area contributed by atoms with E-state index < -0.39 is 6.68 Å². The summed E-state index contributed by atoms with van der Waals surface area (Å²) in [6.07, 6.45) is 4.99. The average Bonchev–Trinajstić information content (AvgIpc) is 3.24. The van der Waals surface area contributed by atoms with Crippen molar-refractivity contribution in [2.45, 2.75) is 32.4 Å². The molecule has 0 atom stereocenters. The van der Waals surface area contributed by atoms with Crippen LogP contribution in [-0.4, -0.2) is 47.3 Å². The topological polar surface area (TPSA) is 71.3 Å². The van der Waals surface area contributed by atoms with Crippen LogP contribution in [-0.2, 0) is 4.79 Å². The number of carbonyl (C=O) groups excluding carboxylic acids is 1. The van der Waals surface area contributed by atoms with E-state index in [4.69, 9.17) is 4.42 Å². The zero-order valence-electron chi connectivity index (χ0n) is 14.7. The number of rotatable bonds is 4. The molecule has 27 heavy (non-hydrogen) atoms. The van der Waals surface area contributed by atoms with Gasteiger partial charge in [-0.2, -0.15) is 13.2 Å². The molecule has 2 heterocycles. The molecule has 1 aromatic carbocycles. The van der Waals surface area contributed by atoms with Crippen LogP contribution in [0.15, 0.2) is 34.7 Å². The van der Waals surface area contributed by atoms with Gasteiger partial charge in [-0.3, -0.25) is 4.79 Å². The van der Waals surface area contributed by atoms with Crippen LogP contribution in [0.1, 0.15) is 25.7 Å². The summed E-state index contributed by atoms with van der Waals surface area (Å²) in [4.78, 5) is 14.2. The molecule has 0 radical (unpaired) electrons. The minimum atomic E-state index is -3.67. The number of aromatic nitrogens is 2. The van der Waals surface area contributed by atoms with Gasteiger partial charge in [-0.25, -0.2) is 0 Å². The molecule has 1 aromatic heterocycles. The zero-order valence-corrected chi connectivity index (χ0v) is 14.7. The van der Waals surface area contributed by atoms with Crippen LogP contribution in [0.4, 0.5) is 19.2 Å². The third-order valence-corrected chi connectivity index (χ3v) is 4.97. The minimum Gasteiger partial charge on any atom is -0.403 e. The van der Waals surface area contributed by atoms with E-state index in [1.54, 1.807) is 0 Å². The van der Waals surface area contributed by atoms with Crippen molar-refractivity contribution >= 4 is 11.9 Å². The van der Waals surface area contributed by atoms with Crippen molar-refractivity contribution in [1.29, 1.82) is 0 Å². The fraction of sp³-hybridized carbons (Fsp3) is 0.500. The molecule has 1 saturated heterocycles. The Kier molecular flexibility index (Phi) is 5.98. The highest BCUT2D eigenvalue weighted by Gasteiger charge is 2.44. The second-order valence-electron chi connectivity index (χ2n) is 6.76. The van der Waals surface area contributed by atoms with E-state index in [0.717, 1.165) is 31.5 Å². The molecule has 9 heteroatoms. The Hall–Kier alpha value is -2.58. The molecule has 146 valence electrons. The van der Waals surface area contributed by atoms with E-state index in [0.29, 0.717) is 11.3 Å². The standard InChI is InChI=1S/C17H20N4O2.CHF3/c22-14(21-10-8-17(6-7-17)9-11-21)12-18-16-20-19-15(23-16)13-4-2-1-3-5-13;2-1(3)4/h1-5H,6-12H2,(H,18,20);1H. The summed E-state index contributed by atoms with van der Waals surface area (Å²) in [6.45, 7) is -1.72. The van der Waals surface area contributed by atoms with Gasteiger partial charge >= 0.3 is 12.7 Å². The average molecular weight is 382 g/mol. The highest BCUT2D eigenvalue weighted by atomic mass is 19.4. The molecule has 0 bridgehead atoms. The number of halogens is 3. The maximum atomic E-state index is 12.3. The lowest BCUT2D eigenvalue weighted by atomic mass is 9.94. The van der Waals surface area contributed by atoms with E-state index in [1.165, 1.54) is 12.8 Å². The number of anilines is 1. The predicted molar refractivity (Wildman–Crippen MR) is 92.8 cm³/mol. The third-order valence-electron chi connectivity index (χ3n) is 4.97. The molecule has 2 aromatic rings. The van der Waals surface area contributed by atoms with Crippen LogP contribution in [0.3, 0.4) is 0 Å². The molecule has 1 saturated carbocycles. The molecular formula is C18H21F3N4O2. The zero-order chi connectivity index (χ0) is 19.3. The van der Waals surface area contributed by atoms with Gasteiger partial charge in [0.2, 0.25) is 11.8 Å². The van der Waals surface area contributed by atoms with Crippen LogP contribution in [0.25, 0.3) is 11.5 Å². The second-order valence-corrected chi connectivity index (χ2v) is 6.76. The third kappa shape index (κ3) is 5.45. The number of hydrogen-bond acceptors (Lipinski definition) is 5. The van der Waals surface area contributed by atoms with Gasteiger partial charge in [0.05, 0.1) is 6.54 Å². The van der Waals surface area contributed by atoms with Gasteiger partial charge in [-0.1, -0.05) is 23.3 Å². The number of benzene rings is 1. The highest BCUT2D eigenvalue weighted by Crippen LogP contribution is 2.53. The van der Waals surface area contributed by atoms with Gasteiger partial charge in [0, 0.05) is 18.7 Å². The molecule has 6 nitrogen and oxygen atoms in total. The Labute approximate surface area is 154 Å². The Morgan fingerprint density at radius 3 is 2.33 bits per heavy atom. The van der Waals surface area contributed by atoms with Crippen LogP contribution in [0.2, 0.25) is 0 Å². The lowest BCUT2D eigenvalue weighted by Crippen LogP contribution is -2.41. The number of piperidine rings is 1. The van der Waals surface area contributed by atoms with Crippen molar-refractivity contribution in [3.8, 4) is 11.5 Å². The van der Waals surface area contributed by atoms with Crippen molar-refractivity contribution in [3.05, 3.63) is 30.3 Å². The lowest BCUT2D eigenvalue weighted by molar-refractivity contribution is -0.130. The van der Waals surface area contributed by atoms with Gasteiger partial charge < -0.3 is 14.6 Å². The fourth-order valence-corrected chi connectivity index (χ4v) is 3.16. The van der Waals surface area contributed by atoms with Crippen molar-refractivity contribution in [1.82, 2.24) is 15.1 Å². The predicted octanol–water partition coefficient (Wildman–Crippen LogP) is 3.73. The Bertz CT molecular complexity index is 737. The molecule has 2 aliphatic rings. The van der Waals surface area contributed by atoms with Crippen molar-refractivity contribution in [3.63, 3.8) is 0 Å². The first kappa shape index (κ1) is 19.2. The molecule has 4 rings (SSSR count). The normalized spacial score (nSPS) is 17.4. The van der Waals surface area contributed by atoms with E-state index in [2.05, 4.69) is 15.5 Å². The minimum absolute atomic E-state index is 0.0972. The second kappa shape index (κ2) is 8.41. The molecule has 1 N–H and O–H groups in total. The largest absolute Gasteiger partial charge is 0.403 e. The fourth-order valence-electron chi connectivity index (χ4n) is 3.16. The van der Waals surface area contributed by atoms with Gasteiger partial charge in [-0.05, 0) is 43.2 Å². The summed E-state index contributed by atoms with van der Waals surface area (Å²) < 4.78 is 34.5. The van der Waals surface area contributed by atoms with E-state index >= 15 is 0 Å². The van der Waals surface area contributed by atoms with Gasteiger partial charge in [-0.15, -0.1) is 5.10 Å². The van der Waals surface area contributed by atoms with E-state index in [1.807, 2.05) is 35.2 Å². The molecule has 1 aliphatic carbocycles. The summed E-state index contributed by atoms with van der Waals surface area (Å²) in [6, 6.07) is 9.86. The van der Waals surface area contributed by atoms with Crippen molar-refractivity contribution in [2.75, 3.05) is 25.0 Å². The maximum Gasteiger partial charge on any atom is 0.379 e. The summed E-state index contributed by atoms with van der Waals surface area (Å²) in [5, 5.41) is 10.9. The number of alkyl halides is 3. The first-order chi connectivity index (χ1) is 13.0. The molecule has 1 amide bonds. The number of carbonyl (C=O) groups is 1. The maximum absolute atomic E-state index is 12.3. The molecule has 0 unspecified atom stereocenters. The monoisotopic (exact) mass is 382 g/mol. The van der Waals surface area contributed by atoms with E-state index in [9.17, 15) is 18.0 Å². The van der Waals surface area contributed by atoms with Crippen LogP contribution < -0.4 is 5.32 Å². The molecule has 1 spiro atoms. The number of nitrogens with one attached hydrogen (secondary N) is 1. The Morgan fingerprint density at radius 2 is 1.74 bits per heavy atom. The highest BCUT2D eigenvalue weighted by molar-refractivity contribution is 5.80. The summed E-state index contributed by atoms with van der Waals surface area (Å²) in [7, 11) is 0. The van der Waals surface area contributed by atoms with Crippen molar-refractivity contribution in [2.24, 2.45) is 5.41 Å². The smallest absolute Gasteiger partial charge is 0.379 e. The summed E-state index contributed by atoms with van der Waals surface area (Å²) >= 11 is 0. The number of amides is 1. The van der Waals surface area contributed by atoms with Gasteiger partial charge in [0.15, 0.2) is 0 Å². The van der Waals surface area contributed by atoms with Gasteiger partial charge in [0.25, 0.3) is 0 Å². The number of nitrogens with zero attached hydrogens (tertiary/aromatic N) is 3. The quantitative estimate of drug-likeness (QED) is 0.873. The summed E-state index contributed by atoms with van der Waals surface area (Å²) in [5.74, 6) is 0.550. The summed E-state index contributed by atoms with van der Waals surface area (Å²) in [5.41, 5.74) is 1.45. The van der Waals surface area contributed by atoms with Crippen molar-refractivity contribution < 1.29 is 22.4 Å². The molecule has 1 aliphatic heterocycles. The lowest BCUT2D eigenvalue weighted by Gasteiger charge is -2.32. The van der Waals surface area contributed by atoms with E-state index in [-0.39, 0.29) is 18.5 Å². The number of likely N-dealkylation sites (tertiary alicyclic amines) is 1. The molecule has 2 fully saturated rings. The Balaban J connectivity index is 0.000000481. The van der Waals surface area contributed by atoms with Crippen LogP contribution >= 0.6 is 0 Å². The van der Waals surface area contributed by atoms with Crippen LogP contribution in [0.5, 0.6) is 0 Å².